The maximum atomic E-state index is 13.5. The number of hydrogen-bond acceptors (Lipinski definition) is 7. The lowest BCUT2D eigenvalue weighted by molar-refractivity contribution is 0.151. The van der Waals surface area contributed by atoms with Crippen molar-refractivity contribution in [2.75, 3.05) is 45.9 Å². The van der Waals surface area contributed by atoms with Crippen LogP contribution in [0.4, 0.5) is 0 Å². The fraction of sp³-hybridized carbons (Fsp3) is 0.500. The number of aromatic amines is 1. The minimum Gasteiger partial charge on any atom is -0.493 e. The van der Waals surface area contributed by atoms with Crippen LogP contribution in [0.25, 0.3) is 22.3 Å². The highest BCUT2D eigenvalue weighted by Crippen LogP contribution is 2.39. The minimum absolute atomic E-state index is 0.0233. The van der Waals surface area contributed by atoms with Crippen LogP contribution in [0, 0.1) is 0 Å². The number of aliphatic hydroxyl groups is 1. The Bertz CT molecular complexity index is 1520. The van der Waals surface area contributed by atoms with Gasteiger partial charge in [0.1, 0.15) is 11.3 Å². The maximum absolute atomic E-state index is 13.5. The van der Waals surface area contributed by atoms with E-state index >= 15 is 0 Å². The molecule has 1 aliphatic heterocycles. The van der Waals surface area contributed by atoms with Gasteiger partial charge in [-0.15, -0.1) is 0 Å². The number of nitrogens with one attached hydrogen (secondary N) is 1. The number of rotatable bonds is 9. The molecule has 1 fully saturated rings. The highest BCUT2D eigenvalue weighted by atomic mass is 35.5. The first-order valence-corrected chi connectivity index (χ1v) is 14.1. The lowest BCUT2D eigenvalue weighted by atomic mass is 10.1. The molecule has 1 aliphatic rings. The molecule has 0 radical (unpaired) electrons. The molecular weight excluding hydrogens is 522 g/mol. The van der Waals surface area contributed by atoms with E-state index in [4.69, 9.17) is 21.4 Å². The number of nitrogens with zero attached hydrogens (tertiary/aromatic N) is 4. The van der Waals surface area contributed by atoms with Crippen LogP contribution in [0.2, 0.25) is 5.02 Å². The summed E-state index contributed by atoms with van der Waals surface area (Å²) in [7, 11) is -2.43. The van der Waals surface area contributed by atoms with Gasteiger partial charge in [-0.05, 0) is 31.5 Å². The number of β-amino-alcohol motifs (C(OH)–C–C–N with tert-alkyl or cyclic N) is 1. The van der Waals surface area contributed by atoms with E-state index in [0.717, 1.165) is 4.57 Å². The molecular formula is C24H32ClN5O6S. The average Bonchev–Trinajstić information content (AvgIpc) is 3.23. The molecule has 13 heteroatoms. The number of aliphatic hydroxyl groups excluding tert-OH is 1. The topological polar surface area (TPSA) is 130 Å². The normalized spacial score (nSPS) is 15.5. The lowest BCUT2D eigenvalue weighted by Gasteiger charge is -2.33. The molecule has 3 aromatic rings. The van der Waals surface area contributed by atoms with Gasteiger partial charge in [0.25, 0.3) is 5.56 Å². The van der Waals surface area contributed by atoms with Crippen molar-refractivity contribution in [2.45, 2.75) is 31.7 Å². The van der Waals surface area contributed by atoms with Gasteiger partial charge in [0.15, 0.2) is 0 Å². The predicted octanol–water partition coefficient (Wildman–Crippen LogP) is 1.46. The molecule has 0 saturated carbocycles. The van der Waals surface area contributed by atoms with Crippen molar-refractivity contribution in [3.8, 4) is 17.0 Å². The van der Waals surface area contributed by atoms with Gasteiger partial charge in [0.05, 0.1) is 34.3 Å². The molecule has 0 atom stereocenters. The quantitative estimate of drug-likeness (QED) is 0.410. The fourth-order valence-electron chi connectivity index (χ4n) is 4.65. The number of sulfonamides is 1. The van der Waals surface area contributed by atoms with E-state index in [1.165, 1.54) is 28.1 Å². The third kappa shape index (κ3) is 4.96. The third-order valence-corrected chi connectivity index (χ3v) is 8.84. The molecule has 11 nitrogen and oxygen atoms in total. The van der Waals surface area contributed by atoms with Gasteiger partial charge in [0, 0.05) is 51.9 Å². The van der Waals surface area contributed by atoms with Crippen LogP contribution in [-0.4, -0.2) is 82.8 Å². The number of aromatic nitrogens is 3. The molecule has 0 amide bonds. The lowest BCUT2D eigenvalue weighted by Crippen LogP contribution is -2.49. The number of benzene rings is 1. The summed E-state index contributed by atoms with van der Waals surface area (Å²) in [6.45, 7) is 6.58. The fourth-order valence-corrected chi connectivity index (χ4v) is 6.45. The third-order valence-electron chi connectivity index (χ3n) is 6.57. The number of ether oxygens (including phenoxy) is 1. The second kappa shape index (κ2) is 11.0. The largest absolute Gasteiger partial charge is 0.493 e. The van der Waals surface area contributed by atoms with Crippen LogP contribution in [0.15, 0.2) is 32.7 Å². The van der Waals surface area contributed by atoms with E-state index in [1.807, 2.05) is 18.7 Å². The van der Waals surface area contributed by atoms with Gasteiger partial charge >= 0.3 is 5.69 Å². The SMILES string of the molecule is CCCn1c(=O)n(C)c(=O)c2[nH]c(-c3cc(S(=O)(=O)N4CCN(CCO)CC4)ccc3OCC)c(Cl)c21. The van der Waals surface area contributed by atoms with E-state index in [9.17, 15) is 18.0 Å². The van der Waals surface area contributed by atoms with Crippen LogP contribution < -0.4 is 16.0 Å². The van der Waals surface area contributed by atoms with Gasteiger partial charge in [0.2, 0.25) is 10.0 Å². The van der Waals surface area contributed by atoms with E-state index in [0.29, 0.717) is 69.3 Å². The van der Waals surface area contributed by atoms with Gasteiger partial charge in [-0.3, -0.25) is 18.8 Å². The molecule has 0 unspecified atom stereocenters. The highest BCUT2D eigenvalue weighted by molar-refractivity contribution is 7.89. The number of fused-ring (bicyclic) bond motifs is 1. The van der Waals surface area contributed by atoms with Gasteiger partial charge in [-0.25, -0.2) is 13.2 Å². The van der Waals surface area contributed by atoms with Crippen molar-refractivity contribution in [1.29, 1.82) is 0 Å². The average molecular weight is 554 g/mol. The Morgan fingerprint density at radius 2 is 1.81 bits per heavy atom. The van der Waals surface area contributed by atoms with Crippen LogP contribution in [0.3, 0.4) is 0 Å². The van der Waals surface area contributed by atoms with E-state index in [2.05, 4.69) is 4.98 Å². The first-order valence-electron chi connectivity index (χ1n) is 12.3. The Morgan fingerprint density at radius 3 is 2.43 bits per heavy atom. The number of aryl methyl sites for hydroxylation is 1. The summed E-state index contributed by atoms with van der Waals surface area (Å²) in [6, 6.07) is 4.56. The summed E-state index contributed by atoms with van der Waals surface area (Å²) in [5, 5.41) is 9.31. The summed E-state index contributed by atoms with van der Waals surface area (Å²) >= 11 is 6.78. The number of H-pyrrole nitrogens is 1. The van der Waals surface area contributed by atoms with Crippen molar-refractivity contribution in [3.63, 3.8) is 0 Å². The molecule has 1 saturated heterocycles. The van der Waals surface area contributed by atoms with Crippen molar-refractivity contribution >= 4 is 32.7 Å². The second-order valence-electron chi connectivity index (χ2n) is 8.90. The van der Waals surface area contributed by atoms with Gasteiger partial charge in [-0.2, -0.15) is 4.31 Å². The zero-order valence-electron chi connectivity index (χ0n) is 21.2. The zero-order valence-corrected chi connectivity index (χ0v) is 22.7. The van der Waals surface area contributed by atoms with Crippen LogP contribution in [-0.2, 0) is 23.6 Å². The summed E-state index contributed by atoms with van der Waals surface area (Å²) in [5.74, 6) is 0.392. The molecule has 2 aromatic heterocycles. The monoisotopic (exact) mass is 553 g/mol. The molecule has 202 valence electrons. The Morgan fingerprint density at radius 1 is 1.11 bits per heavy atom. The number of halogens is 1. The van der Waals surface area contributed by atoms with Crippen LogP contribution in [0.1, 0.15) is 20.3 Å². The number of piperazine rings is 1. The maximum Gasteiger partial charge on any atom is 0.331 e. The molecule has 37 heavy (non-hydrogen) atoms. The van der Waals surface area contributed by atoms with Crippen LogP contribution in [0.5, 0.6) is 5.75 Å². The first kappa shape index (κ1) is 27.4. The molecule has 0 spiro atoms. The second-order valence-corrected chi connectivity index (χ2v) is 11.2. The molecule has 4 rings (SSSR count). The van der Waals surface area contributed by atoms with Crippen molar-refractivity contribution < 1.29 is 18.3 Å². The van der Waals surface area contributed by atoms with E-state index in [1.54, 1.807) is 6.07 Å². The summed E-state index contributed by atoms with van der Waals surface area (Å²) < 4.78 is 36.7. The minimum atomic E-state index is -3.83. The predicted molar refractivity (Wildman–Crippen MR) is 142 cm³/mol. The standard InChI is InChI=1S/C24H32ClN5O6S/c1-4-8-30-22-19(25)20(26-21(22)23(32)27(3)24(30)33)17-15-16(6-7-18(17)36-5-2)37(34,35)29-11-9-28(10-12-29)13-14-31/h6-7,15,26,31H,4-5,8-14H2,1-3H3. The summed E-state index contributed by atoms with van der Waals surface area (Å²) in [6.07, 6.45) is 0.646. The molecule has 1 aromatic carbocycles. The molecule has 2 N–H and O–H groups in total. The molecule has 3 heterocycles. The van der Waals surface area contributed by atoms with E-state index < -0.39 is 21.3 Å². The zero-order chi connectivity index (χ0) is 26.9. The Kier molecular flexibility index (Phi) is 8.14. The number of hydrogen-bond donors (Lipinski definition) is 2. The Balaban J connectivity index is 1.86. The highest BCUT2D eigenvalue weighted by Gasteiger charge is 2.30. The Hall–Kier alpha value is -2.64. The van der Waals surface area contributed by atoms with Gasteiger partial charge < -0.3 is 14.8 Å². The van der Waals surface area contributed by atoms with E-state index in [-0.39, 0.29) is 27.6 Å². The van der Waals surface area contributed by atoms with Crippen LogP contribution >= 0.6 is 11.6 Å². The van der Waals surface area contributed by atoms with Crippen molar-refractivity contribution in [3.05, 3.63) is 44.1 Å². The molecule has 0 aliphatic carbocycles. The summed E-state index contributed by atoms with van der Waals surface area (Å²) in [5.41, 5.74) is 0.114. The van der Waals surface area contributed by atoms with Gasteiger partial charge in [-0.1, -0.05) is 18.5 Å². The Labute approximate surface area is 219 Å². The first-order chi connectivity index (χ1) is 17.6. The van der Waals surface area contributed by atoms with Crippen molar-refractivity contribution in [1.82, 2.24) is 23.3 Å². The molecule has 0 bridgehead atoms. The van der Waals surface area contributed by atoms with Crippen molar-refractivity contribution in [2.24, 2.45) is 7.05 Å². The smallest absolute Gasteiger partial charge is 0.331 e. The summed E-state index contributed by atoms with van der Waals surface area (Å²) in [4.78, 5) is 30.9.